The number of unbranched alkanes of at least 4 members (excludes halogenated alkanes) is 11. The molecule has 0 spiro atoms. The van der Waals surface area contributed by atoms with Crippen molar-refractivity contribution in [1.82, 2.24) is 0 Å². The van der Waals surface area contributed by atoms with E-state index in [1.54, 1.807) is 0 Å². The molecule has 0 fully saturated rings. The number of aliphatic hydroxyl groups excluding tert-OH is 1. The van der Waals surface area contributed by atoms with Crippen LogP contribution in [0.25, 0.3) is 0 Å². The van der Waals surface area contributed by atoms with Gasteiger partial charge in [-0.25, -0.2) is 0 Å². The van der Waals surface area contributed by atoms with Gasteiger partial charge in [0.2, 0.25) is 0 Å². The summed E-state index contributed by atoms with van der Waals surface area (Å²) in [6.07, 6.45) is 19.9. The molecule has 0 bridgehead atoms. The molecule has 0 aromatic rings. The molecule has 1 radical (unpaired) electrons. The molecule has 0 saturated heterocycles. The first-order chi connectivity index (χ1) is 9.68. The Hall–Kier alpha value is 0.490. The number of nitrogens with two attached hydrogens (primary N) is 1. The third kappa shape index (κ3) is 18.4. The van der Waals surface area contributed by atoms with Gasteiger partial charge in [-0.05, 0) is 0 Å². The zero-order valence-corrected chi connectivity index (χ0v) is 18.1. The Labute approximate surface area is 146 Å². The van der Waals surface area contributed by atoms with E-state index in [9.17, 15) is 5.11 Å². The molecular weight excluding hydrogens is 365 g/mol. The van der Waals surface area contributed by atoms with Crippen molar-refractivity contribution >= 4 is 24.4 Å². The smallest absolute Gasteiger partial charge is 0.412 e. The number of hydrogen-bond acceptors (Lipinski definition) is 2. The summed E-state index contributed by atoms with van der Waals surface area (Å²) < 4.78 is 0.00664. The topological polar surface area (TPSA) is 77.8 Å². The van der Waals surface area contributed by atoms with Crippen LogP contribution in [0.3, 0.4) is 0 Å². The van der Waals surface area contributed by atoms with E-state index in [0.717, 1.165) is 6.42 Å². The molecule has 5 N–H and O–H groups in total. The van der Waals surface area contributed by atoms with Gasteiger partial charge in [0.25, 0.3) is 0 Å². The van der Waals surface area contributed by atoms with Gasteiger partial charge in [0.15, 0.2) is 0 Å². The Balaban J connectivity index is 0. The molecule has 21 heavy (non-hydrogen) atoms. The van der Waals surface area contributed by atoms with Gasteiger partial charge >= 0.3 is 109 Å². The van der Waals surface area contributed by atoms with Crippen LogP contribution in [0.15, 0.2) is 12.2 Å². The van der Waals surface area contributed by atoms with E-state index >= 15 is 0 Å². The summed E-state index contributed by atoms with van der Waals surface area (Å²) in [6, 6.07) is 0. The Morgan fingerprint density at radius 1 is 0.905 bits per heavy atom. The van der Waals surface area contributed by atoms with Crippen LogP contribution in [0.1, 0.15) is 84.0 Å². The molecule has 0 aliphatic rings. The van der Waals surface area contributed by atoms with Crippen molar-refractivity contribution in [2.45, 2.75) is 93.9 Å². The number of allylic oxidation sites excluding steroid dienone is 1. The molecule has 0 aliphatic heterocycles. The Morgan fingerprint density at radius 2 is 1.33 bits per heavy atom. The zero-order chi connectivity index (χ0) is 15.1. The molecule has 0 unspecified atom stereocenters. The van der Waals surface area contributed by atoms with Crippen molar-refractivity contribution in [1.29, 1.82) is 0 Å². The summed E-state index contributed by atoms with van der Waals surface area (Å²) >= 11 is 0.631. The van der Waals surface area contributed by atoms with E-state index in [4.69, 9.17) is 5.73 Å². The number of hydrogen-bond donors (Lipinski definition) is 2. The first kappa shape index (κ1) is 23.8. The van der Waals surface area contributed by atoms with Gasteiger partial charge in [0, 0.05) is 0 Å². The third-order valence-electron chi connectivity index (χ3n) is 3.75. The van der Waals surface area contributed by atoms with E-state index in [1.807, 2.05) is 6.08 Å². The van der Waals surface area contributed by atoms with Crippen molar-refractivity contribution in [2.24, 2.45) is 5.73 Å². The molecule has 2 atom stereocenters. The maximum absolute atomic E-state index is 9.53. The van der Waals surface area contributed by atoms with Crippen molar-refractivity contribution in [2.75, 3.05) is 0 Å². The predicted molar refractivity (Wildman–Crippen MR) is 95.0 cm³/mol. The largest absolute Gasteiger partial charge is 0.412 e. The third-order valence-corrected chi connectivity index (χ3v) is 5.12. The molecule has 3 nitrogen and oxygen atoms in total. The zero-order valence-electron chi connectivity index (χ0n) is 14.0. The van der Waals surface area contributed by atoms with Gasteiger partial charge < -0.3 is 5.48 Å². The molecule has 125 valence electrons. The average molecular weight is 402 g/mol. The molecule has 0 amide bonds. The van der Waals surface area contributed by atoms with Crippen LogP contribution < -0.4 is 5.73 Å². The minimum atomic E-state index is -0.408. The van der Waals surface area contributed by atoms with Crippen LogP contribution in [-0.4, -0.2) is 44.9 Å². The van der Waals surface area contributed by atoms with Crippen LogP contribution in [-0.2, 0) is 0 Å². The van der Waals surface area contributed by atoms with Crippen LogP contribution in [0.4, 0.5) is 0 Å². The minimum absolute atomic E-state index is 0. The van der Waals surface area contributed by atoms with Gasteiger partial charge in [-0.1, -0.05) is 32.6 Å². The maximum atomic E-state index is 9.53. The SMILES string of the molecule is CCCCCCCCCCCCC/C=C/[C@@H](O)[C@@H](N)[InH].O. The Bertz CT molecular complexity index is 223. The van der Waals surface area contributed by atoms with Gasteiger partial charge in [-0.3, -0.25) is 0 Å². The molecule has 0 heterocycles. The molecule has 0 aromatic carbocycles. The minimum Gasteiger partial charge on any atom is -0.412 e. The quantitative estimate of drug-likeness (QED) is 0.346. The first-order valence-corrected chi connectivity index (χ1v) is 10.9. The number of rotatable bonds is 14. The van der Waals surface area contributed by atoms with Gasteiger partial charge in [-0.2, -0.15) is 0 Å². The molecular formula is C17H37InNO2. The van der Waals surface area contributed by atoms with Crippen molar-refractivity contribution < 1.29 is 10.6 Å². The fourth-order valence-electron chi connectivity index (χ4n) is 2.30. The normalized spacial score (nSPS) is 14.0. The van der Waals surface area contributed by atoms with Crippen molar-refractivity contribution in [3.05, 3.63) is 12.2 Å². The van der Waals surface area contributed by atoms with E-state index in [0.29, 0.717) is 24.4 Å². The van der Waals surface area contributed by atoms with Gasteiger partial charge in [-0.15, -0.1) is 0 Å². The summed E-state index contributed by atoms with van der Waals surface area (Å²) in [5, 5.41) is 9.53. The standard InChI is InChI=1S/C17H34NO.In.H2O.H/c1-2-3-4-5-6-7-8-9-10-11-12-13-14-15-17(19)16-18;;;/h14-17,19H,2-13,18H2,1H3;;1H2;/b15-14+;;;/t17-;;;/m1.../s1. The van der Waals surface area contributed by atoms with Crippen molar-refractivity contribution in [3.63, 3.8) is 0 Å². The second-order valence-corrected chi connectivity index (χ2v) is 8.60. The molecule has 4 heteroatoms. The van der Waals surface area contributed by atoms with Crippen LogP contribution in [0, 0.1) is 0 Å². The molecule has 0 aliphatic carbocycles. The van der Waals surface area contributed by atoms with Gasteiger partial charge in [0.1, 0.15) is 0 Å². The van der Waals surface area contributed by atoms with Crippen LogP contribution in [0.5, 0.6) is 0 Å². The van der Waals surface area contributed by atoms with Gasteiger partial charge in [0.05, 0.1) is 0 Å². The van der Waals surface area contributed by atoms with E-state index < -0.39 is 6.10 Å². The van der Waals surface area contributed by atoms with Crippen molar-refractivity contribution in [3.8, 4) is 0 Å². The fraction of sp³-hybridized carbons (Fsp3) is 0.882. The molecule has 0 rings (SSSR count). The van der Waals surface area contributed by atoms with Crippen LogP contribution >= 0.6 is 0 Å². The molecule has 0 saturated carbocycles. The van der Waals surface area contributed by atoms with E-state index in [-0.39, 0.29) is 9.27 Å². The first-order valence-electron chi connectivity index (χ1n) is 8.62. The summed E-state index contributed by atoms with van der Waals surface area (Å²) in [5.74, 6) is 0. The monoisotopic (exact) mass is 402 g/mol. The number of aliphatic hydroxyl groups is 1. The second-order valence-electron chi connectivity index (χ2n) is 5.91. The van der Waals surface area contributed by atoms with Crippen LogP contribution in [0.2, 0.25) is 0 Å². The molecule has 0 aromatic heterocycles. The Morgan fingerprint density at radius 3 is 1.76 bits per heavy atom. The summed E-state index contributed by atoms with van der Waals surface area (Å²) in [5.41, 5.74) is 5.66. The van der Waals surface area contributed by atoms with E-state index in [2.05, 4.69) is 13.0 Å². The fourth-order valence-corrected chi connectivity index (χ4v) is 2.75. The maximum Gasteiger partial charge on any atom is -0.412 e. The second kappa shape index (κ2) is 18.5. The Kier molecular flexibility index (Phi) is 21.0. The predicted octanol–water partition coefficient (Wildman–Crippen LogP) is 2.97. The summed E-state index contributed by atoms with van der Waals surface area (Å²) in [4.78, 5) is 0. The summed E-state index contributed by atoms with van der Waals surface area (Å²) in [6.45, 7) is 2.27. The van der Waals surface area contributed by atoms with E-state index in [1.165, 1.54) is 70.6 Å². The average Bonchev–Trinajstić information content (AvgIpc) is 2.43. The summed E-state index contributed by atoms with van der Waals surface area (Å²) in [7, 11) is 0.